The Hall–Kier alpha value is -3.20. The molecule has 34 heavy (non-hydrogen) atoms. The summed E-state index contributed by atoms with van der Waals surface area (Å²) in [7, 11) is 0. The highest BCUT2D eigenvalue weighted by atomic mass is 16.4. The maximum Gasteiger partial charge on any atom is 0.335 e. The molecule has 2 aromatic rings. The average molecular weight is 456 g/mol. The lowest BCUT2D eigenvalue weighted by Crippen LogP contribution is -2.34. The second-order valence-corrected chi connectivity index (χ2v) is 10.6. The van der Waals surface area contributed by atoms with Gasteiger partial charge < -0.3 is 5.11 Å². The lowest BCUT2D eigenvalue weighted by Gasteiger charge is -2.42. The molecule has 0 saturated carbocycles. The van der Waals surface area contributed by atoms with Crippen molar-refractivity contribution in [3.63, 3.8) is 0 Å². The molecule has 0 amide bonds. The zero-order chi connectivity index (χ0) is 24.9. The first-order valence-corrected chi connectivity index (χ1v) is 12.0. The molecule has 0 radical (unpaired) electrons. The fourth-order valence-electron chi connectivity index (χ4n) is 4.58. The first kappa shape index (κ1) is 25.4. The minimum absolute atomic E-state index is 0.141. The van der Waals surface area contributed by atoms with Crippen LogP contribution in [0.25, 0.3) is 12.2 Å². The van der Waals surface area contributed by atoms with Crippen molar-refractivity contribution < 1.29 is 9.90 Å². The minimum Gasteiger partial charge on any atom is -0.478 e. The first-order chi connectivity index (χ1) is 16.0. The molecule has 0 aromatic heterocycles. The van der Waals surface area contributed by atoms with Crippen LogP contribution in [0.5, 0.6) is 0 Å². The Bertz CT molecular complexity index is 1140. The van der Waals surface area contributed by atoms with E-state index in [1.807, 2.05) is 18.2 Å². The van der Waals surface area contributed by atoms with Gasteiger partial charge in [0, 0.05) is 11.9 Å². The summed E-state index contributed by atoms with van der Waals surface area (Å²) >= 11 is 0. The van der Waals surface area contributed by atoms with Crippen molar-refractivity contribution in [2.75, 3.05) is 0 Å². The summed E-state index contributed by atoms with van der Waals surface area (Å²) in [4.78, 5) is 15.7. The number of benzene rings is 2. The lowest BCUT2D eigenvalue weighted by molar-refractivity contribution is 0.0697. The third kappa shape index (κ3) is 6.02. The van der Waals surface area contributed by atoms with Gasteiger partial charge in [-0.15, -0.1) is 0 Å². The Morgan fingerprint density at radius 1 is 1.03 bits per heavy atom. The van der Waals surface area contributed by atoms with E-state index in [2.05, 4.69) is 70.5 Å². The number of rotatable bonds is 8. The number of carbonyl (C=O) groups is 1. The monoisotopic (exact) mass is 455 g/mol. The second-order valence-electron chi connectivity index (χ2n) is 10.6. The predicted molar refractivity (Wildman–Crippen MR) is 145 cm³/mol. The molecule has 0 unspecified atom stereocenters. The van der Waals surface area contributed by atoms with E-state index in [0.29, 0.717) is 5.56 Å². The molecule has 0 fully saturated rings. The summed E-state index contributed by atoms with van der Waals surface area (Å²) < 4.78 is 0. The normalized spacial score (nSPS) is 17.1. The van der Waals surface area contributed by atoms with Gasteiger partial charge in [0.05, 0.1) is 5.56 Å². The van der Waals surface area contributed by atoms with Crippen LogP contribution in [0.2, 0.25) is 0 Å². The first-order valence-electron chi connectivity index (χ1n) is 12.0. The number of hydrogen-bond acceptors (Lipinski definition) is 2. The molecule has 0 heterocycles. The average Bonchev–Trinajstić information content (AvgIpc) is 2.79. The predicted octanol–water partition coefficient (Wildman–Crippen LogP) is 8.00. The van der Waals surface area contributed by atoms with Crippen molar-refractivity contribution in [2.24, 2.45) is 4.99 Å². The van der Waals surface area contributed by atoms with E-state index in [9.17, 15) is 4.79 Å². The highest BCUT2D eigenvalue weighted by molar-refractivity contribution is 5.88. The molecule has 0 bridgehead atoms. The van der Waals surface area contributed by atoms with Crippen LogP contribution in [0.3, 0.4) is 0 Å². The van der Waals surface area contributed by atoms with Gasteiger partial charge in [0.1, 0.15) is 0 Å². The van der Waals surface area contributed by atoms with E-state index in [-0.39, 0.29) is 10.8 Å². The molecule has 3 nitrogen and oxygen atoms in total. The fraction of sp³-hybridized carbons (Fsp3) is 0.355. The summed E-state index contributed by atoms with van der Waals surface area (Å²) in [5, 5.41) is 9.16. The number of fused-ring (bicyclic) bond motifs is 1. The van der Waals surface area contributed by atoms with Crippen LogP contribution in [0.1, 0.15) is 92.1 Å². The van der Waals surface area contributed by atoms with Crippen LogP contribution < -0.4 is 0 Å². The molecular formula is C31H37NO2. The van der Waals surface area contributed by atoms with E-state index in [1.165, 1.54) is 35.1 Å². The van der Waals surface area contributed by atoms with Gasteiger partial charge in [0.15, 0.2) is 0 Å². The van der Waals surface area contributed by atoms with E-state index in [4.69, 9.17) is 5.11 Å². The number of carboxylic acid groups (broad SMARTS) is 1. The zero-order valence-electron chi connectivity index (χ0n) is 21.2. The molecule has 1 aliphatic carbocycles. The molecule has 3 rings (SSSR count). The summed E-state index contributed by atoms with van der Waals surface area (Å²) in [6.45, 7) is 15.2. The van der Waals surface area contributed by atoms with Gasteiger partial charge in [-0.1, -0.05) is 76.8 Å². The highest BCUT2D eigenvalue weighted by Gasteiger charge is 2.37. The van der Waals surface area contributed by atoms with Crippen molar-refractivity contribution in [1.82, 2.24) is 0 Å². The van der Waals surface area contributed by atoms with Crippen molar-refractivity contribution in [2.45, 2.75) is 71.1 Å². The number of aryl methyl sites for hydroxylation is 1. The smallest absolute Gasteiger partial charge is 0.335 e. The molecular weight excluding hydrogens is 418 g/mol. The number of nitrogens with zero attached hydrogens (tertiary/aromatic N) is 1. The van der Waals surface area contributed by atoms with Crippen molar-refractivity contribution in [3.05, 3.63) is 94.7 Å². The maximum absolute atomic E-state index is 11.2. The maximum atomic E-state index is 11.2. The van der Waals surface area contributed by atoms with E-state index >= 15 is 0 Å². The summed E-state index contributed by atoms with van der Waals surface area (Å²) in [5.41, 5.74) is 8.12. The summed E-state index contributed by atoms with van der Waals surface area (Å²) in [6, 6.07) is 11.8. The summed E-state index contributed by atoms with van der Waals surface area (Å²) in [6.07, 6.45) is 13.8. The molecule has 1 aliphatic rings. The van der Waals surface area contributed by atoms with Crippen LogP contribution in [-0.4, -0.2) is 16.8 Å². The summed E-state index contributed by atoms with van der Waals surface area (Å²) in [5.74, 6) is -0.905. The van der Waals surface area contributed by atoms with Crippen molar-refractivity contribution >= 4 is 23.8 Å². The topological polar surface area (TPSA) is 49.7 Å². The van der Waals surface area contributed by atoms with Crippen LogP contribution in [0.15, 0.2) is 66.3 Å². The lowest BCUT2D eigenvalue weighted by atomic mass is 9.62. The van der Waals surface area contributed by atoms with Gasteiger partial charge in [-0.3, -0.25) is 4.99 Å². The quantitative estimate of drug-likeness (QED) is 0.249. The second kappa shape index (κ2) is 10.4. The molecule has 2 aromatic carbocycles. The highest BCUT2D eigenvalue weighted by Crippen LogP contribution is 2.46. The van der Waals surface area contributed by atoms with E-state index in [0.717, 1.165) is 24.1 Å². The standard InChI is InChI=1S/C31H37NO2/c1-7-8-19-32-22(2)9-13-25-20-27-28(31(5,6)18-17-30(27,3)4)21-26(25)16-12-23-10-14-24(15-11-23)29(33)34/h7-8,10-12,14-16,19-21H,1,9,13,17-18H2,2-6H3,(H,33,34)/b16-12+,19-8-,32-22?. The van der Waals surface area contributed by atoms with Crippen LogP contribution in [0, 0.1) is 0 Å². The Kier molecular flexibility index (Phi) is 7.76. The van der Waals surface area contributed by atoms with Gasteiger partial charge in [-0.25, -0.2) is 4.79 Å². The van der Waals surface area contributed by atoms with Gasteiger partial charge in [-0.2, -0.15) is 0 Å². The third-order valence-corrected chi connectivity index (χ3v) is 7.00. The third-order valence-electron chi connectivity index (χ3n) is 7.00. The number of allylic oxidation sites excluding steroid dienone is 2. The van der Waals surface area contributed by atoms with Crippen LogP contribution >= 0.6 is 0 Å². The number of carboxylic acids is 1. The van der Waals surface area contributed by atoms with Crippen LogP contribution in [-0.2, 0) is 17.3 Å². The zero-order valence-corrected chi connectivity index (χ0v) is 21.2. The Morgan fingerprint density at radius 2 is 1.65 bits per heavy atom. The Labute approximate surface area is 204 Å². The van der Waals surface area contributed by atoms with Gasteiger partial charge in [0.2, 0.25) is 0 Å². The van der Waals surface area contributed by atoms with Gasteiger partial charge in [-0.05, 0) is 89.5 Å². The SMILES string of the molecule is C=C/C=C\N=C(C)CCc1cc2c(cc1/C=C/c1ccc(C(=O)O)cc1)C(C)(C)CCC2(C)C. The van der Waals surface area contributed by atoms with Crippen molar-refractivity contribution in [1.29, 1.82) is 0 Å². The molecule has 178 valence electrons. The molecule has 0 spiro atoms. The van der Waals surface area contributed by atoms with Gasteiger partial charge >= 0.3 is 5.97 Å². The number of aliphatic imine (C=N–C) groups is 1. The largest absolute Gasteiger partial charge is 0.478 e. The van der Waals surface area contributed by atoms with Crippen molar-refractivity contribution in [3.8, 4) is 0 Å². The molecule has 3 heteroatoms. The number of hydrogen-bond donors (Lipinski definition) is 1. The number of aromatic carboxylic acids is 1. The molecule has 1 N–H and O–H groups in total. The Balaban J connectivity index is 2.01. The van der Waals surface area contributed by atoms with Gasteiger partial charge in [0.25, 0.3) is 0 Å². The molecule has 0 saturated heterocycles. The Morgan fingerprint density at radius 3 is 2.24 bits per heavy atom. The van der Waals surface area contributed by atoms with E-state index < -0.39 is 5.97 Å². The molecule has 0 atom stereocenters. The fourth-order valence-corrected chi connectivity index (χ4v) is 4.58. The minimum atomic E-state index is -0.905. The molecule has 0 aliphatic heterocycles. The van der Waals surface area contributed by atoms with E-state index in [1.54, 1.807) is 24.4 Å². The van der Waals surface area contributed by atoms with Crippen LogP contribution in [0.4, 0.5) is 0 Å².